The van der Waals surface area contributed by atoms with E-state index in [0.717, 1.165) is 54.3 Å². The van der Waals surface area contributed by atoms with Crippen LogP contribution in [0.25, 0.3) is 11.3 Å². The molecule has 3 aromatic rings. The van der Waals surface area contributed by atoms with E-state index >= 15 is 0 Å². The molecule has 0 saturated carbocycles. The predicted molar refractivity (Wildman–Crippen MR) is 101 cm³/mol. The molecule has 0 N–H and O–H groups in total. The molecule has 1 fully saturated rings. The van der Waals surface area contributed by atoms with E-state index in [1.165, 1.54) is 0 Å². The number of carbonyl (C=O) groups is 1. The lowest BCUT2D eigenvalue weighted by Gasteiger charge is -2.16. The second kappa shape index (κ2) is 7.31. The minimum absolute atomic E-state index is 0.0584. The smallest absolute Gasteiger partial charge is 0.255 e. The Morgan fingerprint density at radius 1 is 1.26 bits per heavy atom. The maximum atomic E-state index is 12.6. The van der Waals surface area contributed by atoms with Crippen molar-refractivity contribution in [2.45, 2.75) is 26.7 Å². The molecule has 1 amide bonds. The molecule has 6 heteroatoms. The Labute approximate surface area is 158 Å². The van der Waals surface area contributed by atoms with Gasteiger partial charge in [0.25, 0.3) is 5.91 Å². The van der Waals surface area contributed by atoms with E-state index in [1.54, 1.807) is 18.5 Å². The van der Waals surface area contributed by atoms with Gasteiger partial charge in [-0.25, -0.2) is 0 Å². The lowest BCUT2D eigenvalue weighted by atomic mass is 10.0. The van der Waals surface area contributed by atoms with Gasteiger partial charge in [0.15, 0.2) is 0 Å². The average molecular weight is 362 g/mol. The summed E-state index contributed by atoms with van der Waals surface area (Å²) in [5.41, 5.74) is 4.40. The highest BCUT2D eigenvalue weighted by atomic mass is 16.5. The lowest BCUT2D eigenvalue weighted by Crippen LogP contribution is -2.29. The number of hydrogen-bond acceptors (Lipinski definition) is 5. The van der Waals surface area contributed by atoms with Crippen LogP contribution in [0.2, 0.25) is 0 Å². The quantitative estimate of drug-likeness (QED) is 0.711. The normalized spacial score (nSPS) is 16.7. The predicted octanol–water partition coefficient (Wildman–Crippen LogP) is 3.45. The molecule has 4 rings (SSSR count). The van der Waals surface area contributed by atoms with E-state index in [9.17, 15) is 4.79 Å². The first-order valence-corrected chi connectivity index (χ1v) is 9.20. The van der Waals surface area contributed by atoms with Crippen molar-refractivity contribution < 1.29 is 9.32 Å². The molecule has 3 aromatic heterocycles. The molecule has 0 bridgehead atoms. The van der Waals surface area contributed by atoms with Crippen molar-refractivity contribution in [1.82, 2.24) is 20.0 Å². The van der Waals surface area contributed by atoms with Crippen LogP contribution >= 0.6 is 0 Å². The summed E-state index contributed by atoms with van der Waals surface area (Å²) in [6.45, 7) is 5.37. The third-order valence-corrected chi connectivity index (χ3v) is 5.08. The van der Waals surface area contributed by atoms with Crippen LogP contribution in [-0.2, 0) is 6.42 Å². The standard InChI is InChI=1S/C21H22N4O2/c1-14-20(15(2)27-24-14)19-7-3-6-18(23-19)11-16-8-10-25(13-16)21(26)17-5-4-9-22-12-17/h3-7,9,12,16H,8,10-11,13H2,1-2H3. The van der Waals surface area contributed by atoms with Crippen LogP contribution in [-0.4, -0.2) is 39.0 Å². The second-order valence-corrected chi connectivity index (χ2v) is 7.07. The Morgan fingerprint density at radius 3 is 2.89 bits per heavy atom. The Hall–Kier alpha value is -3.02. The number of aryl methyl sites for hydroxylation is 2. The molecule has 4 heterocycles. The van der Waals surface area contributed by atoms with Gasteiger partial charge in [0.1, 0.15) is 5.76 Å². The van der Waals surface area contributed by atoms with E-state index in [2.05, 4.69) is 10.1 Å². The van der Waals surface area contributed by atoms with Gasteiger partial charge >= 0.3 is 0 Å². The summed E-state index contributed by atoms with van der Waals surface area (Å²) < 4.78 is 5.27. The highest BCUT2D eigenvalue weighted by Gasteiger charge is 2.27. The van der Waals surface area contributed by atoms with Gasteiger partial charge in [-0.15, -0.1) is 0 Å². The molecule has 6 nitrogen and oxygen atoms in total. The number of likely N-dealkylation sites (tertiary alicyclic amines) is 1. The van der Waals surface area contributed by atoms with Crippen molar-refractivity contribution in [1.29, 1.82) is 0 Å². The molecule has 1 aliphatic heterocycles. The SMILES string of the molecule is Cc1noc(C)c1-c1cccc(CC2CCN(C(=O)c3cccnc3)C2)n1. The second-order valence-electron chi connectivity index (χ2n) is 7.07. The number of nitrogens with zero attached hydrogens (tertiary/aromatic N) is 4. The molecule has 0 spiro atoms. The van der Waals surface area contributed by atoms with Crippen LogP contribution in [0.1, 0.15) is 33.9 Å². The van der Waals surface area contributed by atoms with Gasteiger partial charge in [-0.1, -0.05) is 11.2 Å². The Bertz CT molecular complexity index is 932. The van der Waals surface area contributed by atoms with Gasteiger partial charge in [0, 0.05) is 31.2 Å². The summed E-state index contributed by atoms with van der Waals surface area (Å²) in [7, 11) is 0. The van der Waals surface area contributed by atoms with Crippen LogP contribution in [0.4, 0.5) is 0 Å². The molecule has 27 heavy (non-hydrogen) atoms. The van der Waals surface area contributed by atoms with Crippen LogP contribution in [0.3, 0.4) is 0 Å². The molecule has 0 radical (unpaired) electrons. The maximum absolute atomic E-state index is 12.6. The number of carbonyl (C=O) groups excluding carboxylic acids is 1. The Balaban J connectivity index is 1.45. The number of pyridine rings is 2. The van der Waals surface area contributed by atoms with Crippen LogP contribution < -0.4 is 0 Å². The first-order valence-electron chi connectivity index (χ1n) is 9.20. The van der Waals surface area contributed by atoms with E-state index in [1.807, 2.05) is 43.0 Å². The third-order valence-electron chi connectivity index (χ3n) is 5.08. The molecule has 1 saturated heterocycles. The fraction of sp³-hybridized carbons (Fsp3) is 0.333. The van der Waals surface area contributed by atoms with Crippen molar-refractivity contribution in [3.05, 3.63) is 65.4 Å². The summed E-state index contributed by atoms with van der Waals surface area (Å²) in [6.07, 6.45) is 5.16. The minimum Gasteiger partial charge on any atom is -0.361 e. The van der Waals surface area contributed by atoms with Gasteiger partial charge in [-0.2, -0.15) is 0 Å². The zero-order chi connectivity index (χ0) is 18.8. The topological polar surface area (TPSA) is 72.1 Å². The molecule has 0 aliphatic carbocycles. The van der Waals surface area contributed by atoms with Gasteiger partial charge in [-0.05, 0) is 56.9 Å². The van der Waals surface area contributed by atoms with Gasteiger partial charge in [0.2, 0.25) is 0 Å². The zero-order valence-electron chi connectivity index (χ0n) is 15.6. The largest absolute Gasteiger partial charge is 0.361 e. The summed E-state index contributed by atoms with van der Waals surface area (Å²) in [6, 6.07) is 9.68. The van der Waals surface area contributed by atoms with Crippen molar-refractivity contribution in [3.63, 3.8) is 0 Å². The molecule has 1 unspecified atom stereocenters. The average Bonchev–Trinajstić information content (AvgIpc) is 3.28. The monoisotopic (exact) mass is 362 g/mol. The molecule has 1 aliphatic rings. The Kier molecular flexibility index (Phi) is 4.71. The van der Waals surface area contributed by atoms with Crippen molar-refractivity contribution in [3.8, 4) is 11.3 Å². The van der Waals surface area contributed by atoms with Gasteiger partial charge in [0.05, 0.1) is 22.5 Å². The van der Waals surface area contributed by atoms with Gasteiger partial charge < -0.3 is 9.42 Å². The van der Waals surface area contributed by atoms with Crippen molar-refractivity contribution >= 4 is 5.91 Å². The van der Waals surface area contributed by atoms with Crippen LogP contribution in [0.5, 0.6) is 0 Å². The van der Waals surface area contributed by atoms with E-state index < -0.39 is 0 Å². The first-order chi connectivity index (χ1) is 13.1. The van der Waals surface area contributed by atoms with Crippen LogP contribution in [0, 0.1) is 19.8 Å². The Morgan fingerprint density at radius 2 is 2.15 bits per heavy atom. The van der Waals surface area contributed by atoms with Gasteiger partial charge in [-0.3, -0.25) is 14.8 Å². The number of amides is 1. The van der Waals surface area contributed by atoms with Crippen molar-refractivity contribution in [2.24, 2.45) is 5.92 Å². The summed E-state index contributed by atoms with van der Waals surface area (Å²) >= 11 is 0. The molecular weight excluding hydrogens is 340 g/mol. The maximum Gasteiger partial charge on any atom is 0.255 e. The van der Waals surface area contributed by atoms with Crippen LogP contribution in [0.15, 0.2) is 47.2 Å². The summed E-state index contributed by atoms with van der Waals surface area (Å²) in [5.74, 6) is 1.26. The fourth-order valence-corrected chi connectivity index (χ4v) is 3.73. The number of aromatic nitrogens is 3. The number of rotatable bonds is 4. The molecule has 0 aromatic carbocycles. The highest BCUT2D eigenvalue weighted by molar-refractivity contribution is 5.94. The highest BCUT2D eigenvalue weighted by Crippen LogP contribution is 2.27. The van der Waals surface area contributed by atoms with E-state index in [-0.39, 0.29) is 5.91 Å². The van der Waals surface area contributed by atoms with Crippen molar-refractivity contribution in [2.75, 3.05) is 13.1 Å². The summed E-state index contributed by atoms with van der Waals surface area (Å²) in [5, 5.41) is 4.02. The number of hydrogen-bond donors (Lipinski definition) is 0. The molecule has 138 valence electrons. The van der Waals surface area contributed by atoms with E-state index in [0.29, 0.717) is 11.5 Å². The third kappa shape index (κ3) is 3.60. The van der Waals surface area contributed by atoms with E-state index in [4.69, 9.17) is 9.51 Å². The lowest BCUT2D eigenvalue weighted by molar-refractivity contribution is 0.0786. The fourth-order valence-electron chi connectivity index (χ4n) is 3.73. The zero-order valence-corrected chi connectivity index (χ0v) is 15.6. The molecular formula is C21H22N4O2. The minimum atomic E-state index is 0.0584. The first kappa shape index (κ1) is 17.4. The summed E-state index contributed by atoms with van der Waals surface area (Å²) in [4.78, 5) is 23.4. The molecule has 1 atom stereocenters.